The molecule has 0 bridgehead atoms. The summed E-state index contributed by atoms with van der Waals surface area (Å²) >= 11 is 0. The predicted molar refractivity (Wildman–Crippen MR) is 87.8 cm³/mol. The van der Waals surface area contributed by atoms with E-state index in [0.717, 1.165) is 30.8 Å². The molecular weight excluding hydrogens is 309 g/mol. The van der Waals surface area contributed by atoms with Crippen LogP contribution in [0.2, 0.25) is 0 Å². The van der Waals surface area contributed by atoms with Crippen molar-refractivity contribution >= 4 is 11.7 Å². The Balaban J connectivity index is 1.55. The molecule has 124 valence electrons. The number of carbonyl (C=O) groups is 1. The van der Waals surface area contributed by atoms with Gasteiger partial charge >= 0.3 is 0 Å². The number of anilines is 1. The molecule has 1 amide bonds. The number of ether oxygens (including phenoxy) is 1. The van der Waals surface area contributed by atoms with Crippen LogP contribution in [0.4, 0.5) is 10.2 Å². The summed E-state index contributed by atoms with van der Waals surface area (Å²) < 4.78 is 18.7. The molecule has 0 radical (unpaired) electrons. The predicted octanol–water partition coefficient (Wildman–Crippen LogP) is 2.47. The molecule has 1 aromatic heterocycles. The van der Waals surface area contributed by atoms with E-state index in [9.17, 15) is 9.18 Å². The maximum atomic E-state index is 13.1. The van der Waals surface area contributed by atoms with Gasteiger partial charge in [-0.1, -0.05) is 12.1 Å². The third-order valence-corrected chi connectivity index (χ3v) is 4.64. The van der Waals surface area contributed by atoms with Gasteiger partial charge in [-0.3, -0.25) is 4.79 Å². The molecule has 0 atom stereocenters. The van der Waals surface area contributed by atoms with Crippen LogP contribution in [0.25, 0.3) is 0 Å². The van der Waals surface area contributed by atoms with Gasteiger partial charge in [-0.05, 0) is 36.6 Å². The van der Waals surface area contributed by atoms with Gasteiger partial charge in [0, 0.05) is 13.2 Å². The quantitative estimate of drug-likeness (QED) is 0.941. The van der Waals surface area contributed by atoms with Crippen LogP contribution in [0.15, 0.2) is 36.5 Å². The van der Waals surface area contributed by atoms with Crippen molar-refractivity contribution in [3.8, 4) is 5.75 Å². The van der Waals surface area contributed by atoms with Crippen LogP contribution in [0.5, 0.6) is 5.75 Å². The second kappa shape index (κ2) is 5.47. The number of likely N-dealkylation sites (N-methyl/N-ethyl adjacent to an activating group) is 1. The first-order valence-corrected chi connectivity index (χ1v) is 8.00. The molecule has 2 heterocycles. The molecule has 1 aromatic carbocycles. The number of amides is 1. The van der Waals surface area contributed by atoms with Crippen LogP contribution in [0, 0.1) is 5.82 Å². The highest BCUT2D eigenvalue weighted by Gasteiger charge is 2.45. The van der Waals surface area contributed by atoms with Crippen molar-refractivity contribution in [2.24, 2.45) is 0 Å². The Bertz CT molecular complexity index is 787. The van der Waals surface area contributed by atoms with Gasteiger partial charge in [0.05, 0.1) is 17.6 Å². The van der Waals surface area contributed by atoms with Gasteiger partial charge in [0.25, 0.3) is 5.91 Å². The van der Waals surface area contributed by atoms with Gasteiger partial charge in [-0.25, -0.2) is 9.37 Å². The summed E-state index contributed by atoms with van der Waals surface area (Å²) in [6.45, 7) is 1.36. The van der Waals surface area contributed by atoms with Crippen LogP contribution in [-0.2, 0) is 5.54 Å². The van der Waals surface area contributed by atoms with Gasteiger partial charge < -0.3 is 15.0 Å². The zero-order valence-electron chi connectivity index (χ0n) is 13.4. The molecule has 1 N–H and O–H groups in total. The molecule has 0 unspecified atom stereocenters. The fourth-order valence-electron chi connectivity index (χ4n) is 3.02. The molecule has 0 spiro atoms. The van der Waals surface area contributed by atoms with E-state index < -0.39 is 5.54 Å². The average molecular weight is 327 g/mol. The van der Waals surface area contributed by atoms with Gasteiger partial charge in [-0.15, -0.1) is 0 Å². The number of halogens is 1. The summed E-state index contributed by atoms with van der Waals surface area (Å²) in [5, 5.41) is 3.07. The zero-order chi connectivity index (χ0) is 16.7. The van der Waals surface area contributed by atoms with E-state index in [1.807, 2.05) is 11.9 Å². The summed E-state index contributed by atoms with van der Waals surface area (Å²) in [6, 6.07) is 8.03. The summed E-state index contributed by atoms with van der Waals surface area (Å²) in [4.78, 5) is 19.0. The number of carbonyl (C=O) groups excluding carboxylic acids is 1. The highest BCUT2D eigenvalue weighted by molar-refractivity contribution is 5.95. The second-order valence-electron chi connectivity index (χ2n) is 6.36. The molecule has 1 aliphatic heterocycles. The van der Waals surface area contributed by atoms with Crippen LogP contribution in [-0.4, -0.2) is 31.1 Å². The van der Waals surface area contributed by atoms with Gasteiger partial charge in [-0.2, -0.15) is 0 Å². The largest absolute Gasteiger partial charge is 0.488 e. The molecule has 6 heteroatoms. The Hall–Kier alpha value is -2.63. The summed E-state index contributed by atoms with van der Waals surface area (Å²) in [6.07, 6.45) is 3.27. The number of hydrogen-bond donors (Lipinski definition) is 1. The first-order chi connectivity index (χ1) is 11.6. The van der Waals surface area contributed by atoms with Crippen molar-refractivity contribution in [3.63, 3.8) is 0 Å². The third kappa shape index (κ3) is 2.58. The molecule has 4 rings (SSSR count). The Morgan fingerprint density at radius 3 is 2.79 bits per heavy atom. The summed E-state index contributed by atoms with van der Waals surface area (Å²) in [5.74, 6) is 0.908. The van der Waals surface area contributed by atoms with E-state index in [-0.39, 0.29) is 11.7 Å². The Kier molecular flexibility index (Phi) is 3.40. The van der Waals surface area contributed by atoms with E-state index in [2.05, 4.69) is 10.3 Å². The molecule has 1 saturated carbocycles. The number of hydrogen-bond acceptors (Lipinski definition) is 4. The minimum absolute atomic E-state index is 0.191. The highest BCUT2D eigenvalue weighted by atomic mass is 19.1. The first-order valence-electron chi connectivity index (χ1n) is 8.00. The fraction of sp³-hybridized carbons (Fsp3) is 0.333. The molecule has 24 heavy (non-hydrogen) atoms. The lowest BCUT2D eigenvalue weighted by Gasteiger charge is -2.26. The SMILES string of the molecule is CN1CCOc2cc(C(=O)NC3(c4ccc(F)cc4)CC3)cnc21. The zero-order valence-corrected chi connectivity index (χ0v) is 13.4. The molecule has 1 aliphatic carbocycles. The Morgan fingerprint density at radius 2 is 2.08 bits per heavy atom. The van der Waals surface area contributed by atoms with E-state index in [4.69, 9.17) is 4.74 Å². The van der Waals surface area contributed by atoms with Crippen molar-refractivity contribution in [2.75, 3.05) is 25.1 Å². The maximum absolute atomic E-state index is 13.1. The molecule has 5 nitrogen and oxygen atoms in total. The van der Waals surface area contributed by atoms with E-state index in [0.29, 0.717) is 17.9 Å². The van der Waals surface area contributed by atoms with Gasteiger partial charge in [0.2, 0.25) is 0 Å². The van der Waals surface area contributed by atoms with Crippen molar-refractivity contribution < 1.29 is 13.9 Å². The van der Waals surface area contributed by atoms with Crippen LogP contribution >= 0.6 is 0 Å². The fourth-order valence-corrected chi connectivity index (χ4v) is 3.02. The van der Waals surface area contributed by atoms with Gasteiger partial charge in [0.1, 0.15) is 12.4 Å². The van der Waals surface area contributed by atoms with Gasteiger partial charge in [0.15, 0.2) is 11.6 Å². The minimum Gasteiger partial charge on any atom is -0.488 e. The van der Waals surface area contributed by atoms with Crippen molar-refractivity contribution in [1.82, 2.24) is 10.3 Å². The number of benzene rings is 1. The van der Waals surface area contributed by atoms with Crippen molar-refractivity contribution in [3.05, 3.63) is 53.5 Å². The lowest BCUT2D eigenvalue weighted by molar-refractivity contribution is 0.0930. The maximum Gasteiger partial charge on any atom is 0.253 e. The second-order valence-corrected chi connectivity index (χ2v) is 6.36. The summed E-state index contributed by atoms with van der Waals surface area (Å²) in [7, 11) is 1.95. The number of fused-ring (bicyclic) bond motifs is 1. The molecule has 1 fully saturated rings. The minimum atomic E-state index is -0.391. The van der Waals surface area contributed by atoms with E-state index in [1.54, 1.807) is 24.4 Å². The summed E-state index contributed by atoms with van der Waals surface area (Å²) in [5.41, 5.74) is 1.01. The smallest absolute Gasteiger partial charge is 0.253 e. The Labute approximate surface area is 139 Å². The molecule has 2 aliphatic rings. The molecule has 2 aromatic rings. The van der Waals surface area contributed by atoms with Crippen LogP contribution in [0.3, 0.4) is 0 Å². The average Bonchev–Trinajstić information content (AvgIpc) is 3.36. The lowest BCUT2D eigenvalue weighted by atomic mass is 10.0. The number of pyridine rings is 1. The van der Waals surface area contributed by atoms with E-state index >= 15 is 0 Å². The molecular formula is C18H18FN3O2. The van der Waals surface area contributed by atoms with Crippen LogP contribution < -0.4 is 15.0 Å². The highest BCUT2D eigenvalue weighted by Crippen LogP contribution is 2.45. The number of nitrogens with one attached hydrogen (secondary N) is 1. The Morgan fingerprint density at radius 1 is 1.33 bits per heavy atom. The van der Waals surface area contributed by atoms with Crippen LogP contribution in [0.1, 0.15) is 28.8 Å². The standard InChI is InChI=1S/C18H18FN3O2/c1-22-8-9-24-15-10-12(11-20-16(15)22)17(23)21-18(6-7-18)13-2-4-14(19)5-3-13/h2-5,10-11H,6-9H2,1H3,(H,21,23). The number of rotatable bonds is 3. The number of nitrogens with zero attached hydrogens (tertiary/aromatic N) is 2. The molecule has 0 saturated heterocycles. The normalized spacial score (nSPS) is 17.7. The lowest BCUT2D eigenvalue weighted by Crippen LogP contribution is -2.35. The van der Waals surface area contributed by atoms with Crippen molar-refractivity contribution in [1.29, 1.82) is 0 Å². The first kappa shape index (κ1) is 14.9. The monoisotopic (exact) mass is 327 g/mol. The number of aromatic nitrogens is 1. The van der Waals surface area contributed by atoms with E-state index in [1.165, 1.54) is 12.1 Å². The third-order valence-electron chi connectivity index (χ3n) is 4.64. The topological polar surface area (TPSA) is 54.5 Å². The van der Waals surface area contributed by atoms with Crippen molar-refractivity contribution in [2.45, 2.75) is 18.4 Å².